The van der Waals surface area contributed by atoms with Crippen LogP contribution in [0.1, 0.15) is 58.9 Å². The lowest BCUT2D eigenvalue weighted by Crippen LogP contribution is -2.16. The zero-order chi connectivity index (χ0) is 19.8. The van der Waals surface area contributed by atoms with Gasteiger partial charge in [0.15, 0.2) is 15.6 Å². The summed E-state index contributed by atoms with van der Waals surface area (Å²) in [6, 6.07) is 11.3. The number of Topliss-reactive ketones (excluding diaryl/α,β-unsaturated/α-hetero) is 1. The van der Waals surface area contributed by atoms with Gasteiger partial charge in [-0.15, -0.1) is 0 Å². The summed E-state index contributed by atoms with van der Waals surface area (Å²) in [5.41, 5.74) is 6.55. The molecule has 0 spiro atoms. The van der Waals surface area contributed by atoms with Crippen LogP contribution in [0.15, 0.2) is 36.4 Å². The molecule has 0 aromatic heterocycles. The monoisotopic (exact) mass is 384 g/mol. The van der Waals surface area contributed by atoms with E-state index in [1.54, 1.807) is 38.1 Å². The van der Waals surface area contributed by atoms with E-state index in [0.29, 0.717) is 17.9 Å². The zero-order valence-corrected chi connectivity index (χ0v) is 17.4. The second-order valence-electron chi connectivity index (χ2n) is 8.15. The highest BCUT2D eigenvalue weighted by atomic mass is 32.2. The molecule has 3 rings (SSSR count). The topological polar surface area (TPSA) is 51.2 Å². The summed E-state index contributed by atoms with van der Waals surface area (Å²) in [6.45, 7) is 7.77. The van der Waals surface area contributed by atoms with E-state index in [2.05, 4.69) is 26.0 Å². The lowest BCUT2D eigenvalue weighted by Gasteiger charge is -2.11. The van der Waals surface area contributed by atoms with E-state index in [-0.39, 0.29) is 11.5 Å². The van der Waals surface area contributed by atoms with Crippen LogP contribution in [-0.4, -0.2) is 19.5 Å². The van der Waals surface area contributed by atoms with Crippen molar-refractivity contribution >= 4 is 15.6 Å². The van der Waals surface area contributed by atoms with Crippen LogP contribution in [0, 0.1) is 12.8 Å². The predicted molar refractivity (Wildman–Crippen MR) is 110 cm³/mol. The summed E-state index contributed by atoms with van der Waals surface area (Å²) in [7, 11) is -3.13. The van der Waals surface area contributed by atoms with Crippen molar-refractivity contribution < 1.29 is 13.2 Å². The zero-order valence-electron chi connectivity index (χ0n) is 16.6. The Hall–Kier alpha value is -1.94. The van der Waals surface area contributed by atoms with Gasteiger partial charge in [0.2, 0.25) is 0 Å². The average Bonchev–Trinajstić information content (AvgIpc) is 2.99. The highest BCUT2D eigenvalue weighted by Crippen LogP contribution is 2.31. The van der Waals surface area contributed by atoms with E-state index in [1.165, 1.54) is 16.7 Å². The van der Waals surface area contributed by atoms with E-state index in [1.807, 2.05) is 0 Å². The van der Waals surface area contributed by atoms with Crippen LogP contribution in [-0.2, 0) is 34.9 Å². The van der Waals surface area contributed by atoms with Crippen LogP contribution in [0.3, 0.4) is 0 Å². The first kappa shape index (κ1) is 19.8. The van der Waals surface area contributed by atoms with Gasteiger partial charge in [-0.3, -0.25) is 4.79 Å². The largest absolute Gasteiger partial charge is 0.294 e. The summed E-state index contributed by atoms with van der Waals surface area (Å²) in [4.78, 5) is 12.7. The van der Waals surface area contributed by atoms with Crippen LogP contribution in [0.5, 0.6) is 0 Å². The molecule has 1 aliphatic rings. The van der Waals surface area contributed by atoms with Gasteiger partial charge in [0.05, 0.1) is 11.0 Å². The Kier molecular flexibility index (Phi) is 5.57. The summed E-state index contributed by atoms with van der Waals surface area (Å²) in [5, 5.41) is -0.399. The molecule has 0 saturated heterocycles. The fraction of sp³-hybridized carbons (Fsp3) is 0.435. The van der Waals surface area contributed by atoms with Crippen LogP contribution in [0.4, 0.5) is 0 Å². The van der Waals surface area contributed by atoms with Crippen molar-refractivity contribution in [1.29, 1.82) is 0 Å². The second kappa shape index (κ2) is 7.59. The van der Waals surface area contributed by atoms with E-state index in [0.717, 1.165) is 24.0 Å². The third kappa shape index (κ3) is 4.32. The van der Waals surface area contributed by atoms with Gasteiger partial charge in [0.25, 0.3) is 0 Å². The SMILES string of the molecule is Cc1c(CC(=O)c2ccc(CS(=O)(=O)C(C)C)cc2)ccc2c1CC(C)C2. The minimum absolute atomic E-state index is 0.0151. The maximum Gasteiger partial charge on any atom is 0.167 e. The fourth-order valence-electron chi connectivity index (χ4n) is 3.79. The number of hydrogen-bond acceptors (Lipinski definition) is 3. The minimum atomic E-state index is -3.13. The van der Waals surface area contributed by atoms with E-state index >= 15 is 0 Å². The van der Waals surface area contributed by atoms with Crippen molar-refractivity contribution in [3.05, 3.63) is 69.8 Å². The van der Waals surface area contributed by atoms with Crippen molar-refractivity contribution in [2.75, 3.05) is 0 Å². The molecule has 0 fully saturated rings. The Morgan fingerprint density at radius 3 is 2.37 bits per heavy atom. The third-order valence-corrected chi connectivity index (χ3v) is 7.81. The Morgan fingerprint density at radius 1 is 1.07 bits per heavy atom. The Morgan fingerprint density at radius 2 is 1.74 bits per heavy atom. The minimum Gasteiger partial charge on any atom is -0.294 e. The van der Waals surface area contributed by atoms with Crippen LogP contribution in [0.2, 0.25) is 0 Å². The first-order valence-corrected chi connectivity index (χ1v) is 11.3. The second-order valence-corrected chi connectivity index (χ2v) is 10.7. The molecule has 0 bridgehead atoms. The first-order valence-electron chi connectivity index (χ1n) is 9.61. The Labute approximate surface area is 162 Å². The maximum absolute atomic E-state index is 12.7. The fourth-order valence-corrected chi connectivity index (χ4v) is 4.78. The van der Waals surface area contributed by atoms with Crippen LogP contribution >= 0.6 is 0 Å². The Balaban J connectivity index is 1.73. The lowest BCUT2D eigenvalue weighted by molar-refractivity contribution is 0.0992. The summed E-state index contributed by atoms with van der Waals surface area (Å²) in [6.07, 6.45) is 2.62. The Bertz CT molecular complexity index is 954. The number of fused-ring (bicyclic) bond motifs is 1. The first-order chi connectivity index (χ1) is 12.7. The predicted octanol–water partition coefficient (Wildman–Crippen LogP) is 4.48. The number of hydrogen-bond donors (Lipinski definition) is 0. The van der Waals surface area contributed by atoms with Crippen molar-refractivity contribution in [3.63, 3.8) is 0 Å². The van der Waals surface area contributed by atoms with Crippen molar-refractivity contribution in [3.8, 4) is 0 Å². The van der Waals surface area contributed by atoms with Gasteiger partial charge in [-0.2, -0.15) is 0 Å². The molecular formula is C23H28O3S. The molecule has 144 valence electrons. The molecule has 0 saturated carbocycles. The average molecular weight is 385 g/mol. The normalized spacial score (nSPS) is 16.6. The van der Waals surface area contributed by atoms with Crippen LogP contribution in [0.25, 0.3) is 0 Å². The lowest BCUT2D eigenvalue weighted by atomic mass is 9.94. The summed E-state index contributed by atoms with van der Waals surface area (Å²) >= 11 is 0. The number of carbonyl (C=O) groups excluding carboxylic acids is 1. The van der Waals surface area contributed by atoms with E-state index < -0.39 is 15.1 Å². The highest BCUT2D eigenvalue weighted by molar-refractivity contribution is 7.91. The molecule has 27 heavy (non-hydrogen) atoms. The summed E-state index contributed by atoms with van der Waals surface area (Å²) < 4.78 is 24.1. The number of carbonyl (C=O) groups is 1. The molecule has 0 radical (unpaired) electrons. The van der Waals surface area contributed by atoms with Crippen LogP contribution < -0.4 is 0 Å². The quantitative estimate of drug-likeness (QED) is 0.690. The molecule has 2 aromatic carbocycles. The smallest absolute Gasteiger partial charge is 0.167 e. The van der Waals surface area contributed by atoms with E-state index in [9.17, 15) is 13.2 Å². The number of sulfone groups is 1. The molecule has 2 aromatic rings. The molecule has 0 aliphatic heterocycles. The van der Waals surface area contributed by atoms with E-state index in [4.69, 9.17) is 0 Å². The molecule has 1 aliphatic carbocycles. The number of rotatable bonds is 6. The van der Waals surface area contributed by atoms with Gasteiger partial charge in [-0.1, -0.05) is 43.3 Å². The van der Waals surface area contributed by atoms with Crippen molar-refractivity contribution in [2.45, 2.75) is 58.0 Å². The molecule has 0 amide bonds. The van der Waals surface area contributed by atoms with Crippen molar-refractivity contribution in [2.24, 2.45) is 5.92 Å². The number of ketones is 1. The van der Waals surface area contributed by atoms with Gasteiger partial charge < -0.3 is 0 Å². The highest BCUT2D eigenvalue weighted by Gasteiger charge is 2.22. The van der Waals surface area contributed by atoms with Gasteiger partial charge in [-0.25, -0.2) is 8.42 Å². The van der Waals surface area contributed by atoms with Gasteiger partial charge in [0, 0.05) is 12.0 Å². The van der Waals surface area contributed by atoms with Gasteiger partial charge in [-0.05, 0) is 67.3 Å². The molecule has 3 nitrogen and oxygen atoms in total. The maximum atomic E-state index is 12.7. The molecule has 0 N–H and O–H groups in total. The third-order valence-electron chi connectivity index (χ3n) is 5.64. The standard InChI is InChI=1S/C23H28O3S/c1-15(2)27(25,26)14-18-5-7-19(8-6-18)23(24)13-20-9-10-21-11-16(3)12-22(21)17(20)4/h5-10,15-16H,11-14H2,1-4H3. The van der Waals surface area contributed by atoms with Gasteiger partial charge >= 0.3 is 0 Å². The molecule has 4 heteroatoms. The summed E-state index contributed by atoms with van der Waals surface area (Å²) in [5.74, 6) is 0.767. The van der Waals surface area contributed by atoms with Crippen molar-refractivity contribution in [1.82, 2.24) is 0 Å². The van der Waals surface area contributed by atoms with Gasteiger partial charge in [0.1, 0.15) is 0 Å². The number of benzene rings is 2. The molecule has 1 atom stereocenters. The molecular weight excluding hydrogens is 356 g/mol. The molecule has 0 heterocycles. The molecule has 1 unspecified atom stereocenters.